The summed E-state index contributed by atoms with van der Waals surface area (Å²) in [5, 5.41) is 1.97. The monoisotopic (exact) mass is 512 g/mol. The van der Waals surface area contributed by atoms with Crippen LogP contribution in [0.4, 0.5) is 4.39 Å². The lowest BCUT2D eigenvalue weighted by atomic mass is 10.1. The SMILES string of the molecule is COCCCN(CC(=O)N(Cc1ccc2c(c1)OCO2)Cc1cccs1)C(=O)Cc1ccc(F)cc1. The molecule has 0 atom stereocenters. The molecule has 36 heavy (non-hydrogen) atoms. The third-order valence-corrected chi connectivity index (χ3v) is 6.67. The summed E-state index contributed by atoms with van der Waals surface area (Å²) >= 11 is 1.58. The van der Waals surface area contributed by atoms with Crippen molar-refractivity contribution in [1.82, 2.24) is 9.80 Å². The highest BCUT2D eigenvalue weighted by molar-refractivity contribution is 7.09. The van der Waals surface area contributed by atoms with Crippen molar-refractivity contribution in [3.8, 4) is 11.5 Å². The van der Waals surface area contributed by atoms with E-state index in [0.717, 1.165) is 10.4 Å². The summed E-state index contributed by atoms with van der Waals surface area (Å²) in [5.41, 5.74) is 1.61. The van der Waals surface area contributed by atoms with Crippen molar-refractivity contribution in [2.24, 2.45) is 0 Å². The maximum absolute atomic E-state index is 13.6. The maximum atomic E-state index is 13.6. The van der Waals surface area contributed by atoms with E-state index in [1.807, 2.05) is 35.7 Å². The molecule has 190 valence electrons. The van der Waals surface area contributed by atoms with Crippen LogP contribution in [0.3, 0.4) is 0 Å². The van der Waals surface area contributed by atoms with Gasteiger partial charge in [0.15, 0.2) is 11.5 Å². The van der Waals surface area contributed by atoms with E-state index in [1.54, 1.807) is 40.4 Å². The Morgan fingerprint density at radius 1 is 0.972 bits per heavy atom. The minimum atomic E-state index is -0.355. The molecule has 0 N–H and O–H groups in total. The average Bonchev–Trinajstić information content (AvgIpc) is 3.56. The number of hydrogen-bond acceptors (Lipinski definition) is 6. The number of ether oxygens (including phenoxy) is 3. The highest BCUT2D eigenvalue weighted by atomic mass is 32.1. The molecular formula is C27H29FN2O5S. The number of thiophene rings is 1. The maximum Gasteiger partial charge on any atom is 0.242 e. The van der Waals surface area contributed by atoms with Gasteiger partial charge >= 0.3 is 0 Å². The number of carbonyl (C=O) groups excluding carboxylic acids is 2. The Bertz CT molecular complexity index is 1150. The Hall–Kier alpha value is -3.43. The number of carbonyl (C=O) groups is 2. The zero-order chi connectivity index (χ0) is 25.3. The second-order valence-electron chi connectivity index (χ2n) is 8.48. The molecule has 7 nitrogen and oxygen atoms in total. The third kappa shape index (κ3) is 7.05. The number of hydrogen-bond donors (Lipinski definition) is 0. The lowest BCUT2D eigenvalue weighted by molar-refractivity contribution is -0.141. The summed E-state index contributed by atoms with van der Waals surface area (Å²) < 4.78 is 29.3. The molecule has 2 heterocycles. The number of fused-ring (bicyclic) bond motifs is 1. The molecule has 1 aromatic heterocycles. The first-order valence-electron chi connectivity index (χ1n) is 11.7. The Kier molecular flexibility index (Phi) is 8.91. The fourth-order valence-electron chi connectivity index (χ4n) is 3.93. The molecule has 2 amide bonds. The number of benzene rings is 2. The molecule has 0 saturated heterocycles. The minimum absolute atomic E-state index is 0.0559. The molecule has 1 aliphatic heterocycles. The largest absolute Gasteiger partial charge is 0.454 e. The van der Waals surface area contributed by atoms with Gasteiger partial charge in [-0.15, -0.1) is 11.3 Å². The molecule has 2 aromatic carbocycles. The lowest BCUT2D eigenvalue weighted by Crippen LogP contribution is -2.43. The number of nitrogens with zero attached hydrogens (tertiary/aromatic N) is 2. The number of methoxy groups -OCH3 is 1. The van der Waals surface area contributed by atoms with E-state index < -0.39 is 0 Å². The van der Waals surface area contributed by atoms with Crippen molar-refractivity contribution < 1.29 is 28.2 Å². The van der Waals surface area contributed by atoms with E-state index in [4.69, 9.17) is 14.2 Å². The van der Waals surface area contributed by atoms with E-state index in [-0.39, 0.29) is 37.4 Å². The first kappa shape index (κ1) is 25.7. The van der Waals surface area contributed by atoms with Crippen molar-refractivity contribution in [1.29, 1.82) is 0 Å². The Morgan fingerprint density at radius 2 is 1.75 bits per heavy atom. The summed E-state index contributed by atoms with van der Waals surface area (Å²) in [6.45, 7) is 1.79. The summed E-state index contributed by atoms with van der Waals surface area (Å²) in [5.74, 6) is 0.638. The van der Waals surface area contributed by atoms with Crippen LogP contribution in [-0.2, 0) is 33.8 Å². The van der Waals surface area contributed by atoms with Gasteiger partial charge in [0.05, 0.1) is 19.5 Å². The highest BCUT2D eigenvalue weighted by Gasteiger charge is 2.23. The van der Waals surface area contributed by atoms with Gasteiger partial charge in [-0.25, -0.2) is 4.39 Å². The number of halogens is 1. The average molecular weight is 513 g/mol. The van der Waals surface area contributed by atoms with Gasteiger partial charge in [-0.1, -0.05) is 24.3 Å². The van der Waals surface area contributed by atoms with Crippen molar-refractivity contribution in [2.75, 3.05) is 33.6 Å². The minimum Gasteiger partial charge on any atom is -0.454 e. The predicted octanol–water partition coefficient (Wildman–Crippen LogP) is 4.25. The molecule has 0 bridgehead atoms. The van der Waals surface area contributed by atoms with Crippen molar-refractivity contribution in [3.63, 3.8) is 0 Å². The van der Waals surface area contributed by atoms with Crippen LogP contribution in [0.25, 0.3) is 0 Å². The molecule has 0 saturated carbocycles. The summed E-state index contributed by atoms with van der Waals surface area (Å²) in [6.07, 6.45) is 0.694. The van der Waals surface area contributed by atoms with Crippen LogP contribution < -0.4 is 9.47 Å². The van der Waals surface area contributed by atoms with Gasteiger partial charge in [0.2, 0.25) is 18.6 Å². The van der Waals surface area contributed by atoms with Crippen LogP contribution in [0.2, 0.25) is 0 Å². The van der Waals surface area contributed by atoms with Crippen LogP contribution in [-0.4, -0.2) is 55.2 Å². The molecule has 4 rings (SSSR count). The molecule has 0 fully saturated rings. The first-order chi connectivity index (χ1) is 17.5. The topological polar surface area (TPSA) is 68.3 Å². The standard InChI is InChI=1S/C27H29FN2O5S/c1-33-12-3-11-29(26(31)15-20-5-8-22(28)9-6-20)18-27(32)30(17-23-4-2-13-36-23)16-21-7-10-24-25(14-21)35-19-34-24/h2,4-10,13-14H,3,11-12,15-19H2,1H3. The van der Waals surface area contributed by atoms with E-state index in [2.05, 4.69) is 0 Å². The molecule has 9 heteroatoms. The van der Waals surface area contributed by atoms with Gasteiger partial charge in [-0.2, -0.15) is 0 Å². The van der Waals surface area contributed by atoms with Crippen LogP contribution in [0.1, 0.15) is 22.4 Å². The Balaban J connectivity index is 1.49. The summed E-state index contributed by atoms with van der Waals surface area (Å²) in [7, 11) is 1.60. The summed E-state index contributed by atoms with van der Waals surface area (Å²) in [4.78, 5) is 31.1. The van der Waals surface area contributed by atoms with E-state index in [0.29, 0.717) is 49.7 Å². The van der Waals surface area contributed by atoms with Crippen molar-refractivity contribution in [2.45, 2.75) is 25.9 Å². The van der Waals surface area contributed by atoms with E-state index in [9.17, 15) is 14.0 Å². The Labute approximate surface area is 214 Å². The van der Waals surface area contributed by atoms with Gasteiger partial charge in [-0.05, 0) is 53.3 Å². The van der Waals surface area contributed by atoms with Gasteiger partial charge in [0, 0.05) is 31.7 Å². The van der Waals surface area contributed by atoms with Gasteiger partial charge in [-0.3, -0.25) is 9.59 Å². The molecule has 3 aromatic rings. The van der Waals surface area contributed by atoms with Gasteiger partial charge in [0.1, 0.15) is 5.82 Å². The normalized spacial score (nSPS) is 11.9. The second-order valence-corrected chi connectivity index (χ2v) is 9.51. The highest BCUT2D eigenvalue weighted by Crippen LogP contribution is 2.33. The molecule has 0 spiro atoms. The van der Waals surface area contributed by atoms with Gasteiger partial charge in [0.25, 0.3) is 0 Å². The van der Waals surface area contributed by atoms with Crippen molar-refractivity contribution >= 4 is 23.2 Å². The predicted molar refractivity (Wildman–Crippen MR) is 134 cm³/mol. The third-order valence-electron chi connectivity index (χ3n) is 5.81. The fraction of sp³-hybridized carbons (Fsp3) is 0.333. The smallest absolute Gasteiger partial charge is 0.242 e. The second kappa shape index (κ2) is 12.5. The molecule has 0 aliphatic carbocycles. The van der Waals surface area contributed by atoms with Crippen molar-refractivity contribution in [3.05, 3.63) is 81.8 Å². The molecule has 0 unspecified atom stereocenters. The zero-order valence-corrected chi connectivity index (χ0v) is 21.0. The van der Waals surface area contributed by atoms with Crippen LogP contribution >= 0.6 is 11.3 Å². The first-order valence-corrected chi connectivity index (χ1v) is 12.6. The van der Waals surface area contributed by atoms with Gasteiger partial charge < -0.3 is 24.0 Å². The molecular weight excluding hydrogens is 483 g/mol. The number of amides is 2. The van der Waals surface area contributed by atoms with Crippen LogP contribution in [0, 0.1) is 5.82 Å². The Morgan fingerprint density at radius 3 is 2.50 bits per heavy atom. The fourth-order valence-corrected chi connectivity index (χ4v) is 4.65. The number of rotatable bonds is 12. The molecule has 0 radical (unpaired) electrons. The van der Waals surface area contributed by atoms with Crippen LogP contribution in [0.5, 0.6) is 11.5 Å². The summed E-state index contributed by atoms with van der Waals surface area (Å²) in [6, 6.07) is 15.4. The van der Waals surface area contributed by atoms with Crippen LogP contribution in [0.15, 0.2) is 60.0 Å². The molecule has 1 aliphatic rings. The van der Waals surface area contributed by atoms with E-state index >= 15 is 0 Å². The van der Waals surface area contributed by atoms with E-state index in [1.165, 1.54) is 12.1 Å². The zero-order valence-electron chi connectivity index (χ0n) is 20.2. The quantitative estimate of drug-likeness (QED) is 0.340. The lowest BCUT2D eigenvalue weighted by Gasteiger charge is -2.28.